The number of aryl methyl sites for hydroxylation is 1. The molecule has 6 nitrogen and oxygen atoms in total. The standard InChI is InChI=1S/C15H18ClN5O/c1-3-10-6-4-5-7-11(10)18-14(22)9-21(2)13-8-12(16)19-15(17)20-13/h4-8H,3,9H2,1-2H3,(H,18,22)(H2,17,19,20). The third kappa shape index (κ3) is 4.08. The van der Waals surface area contributed by atoms with Gasteiger partial charge in [-0.25, -0.2) is 4.98 Å². The predicted molar refractivity (Wildman–Crippen MR) is 89.2 cm³/mol. The van der Waals surface area contributed by atoms with Gasteiger partial charge in [0.25, 0.3) is 0 Å². The molecule has 0 saturated heterocycles. The number of likely N-dealkylation sites (N-methyl/N-ethyl adjacent to an activating group) is 1. The normalized spacial score (nSPS) is 10.3. The number of aromatic nitrogens is 2. The van der Waals surface area contributed by atoms with Crippen LogP contribution in [-0.4, -0.2) is 29.5 Å². The van der Waals surface area contributed by atoms with Crippen molar-refractivity contribution in [2.75, 3.05) is 29.5 Å². The number of nitrogens with zero attached hydrogens (tertiary/aromatic N) is 3. The monoisotopic (exact) mass is 319 g/mol. The molecule has 1 aromatic heterocycles. The van der Waals surface area contributed by atoms with Crippen LogP contribution in [0.4, 0.5) is 17.5 Å². The number of benzene rings is 1. The second-order valence-electron chi connectivity index (χ2n) is 4.82. The van der Waals surface area contributed by atoms with Crippen LogP contribution in [0.15, 0.2) is 30.3 Å². The van der Waals surface area contributed by atoms with Crippen molar-refractivity contribution in [3.63, 3.8) is 0 Å². The Morgan fingerprint density at radius 1 is 1.36 bits per heavy atom. The van der Waals surface area contributed by atoms with Crippen LogP contribution in [0.5, 0.6) is 0 Å². The van der Waals surface area contributed by atoms with Crippen molar-refractivity contribution in [3.05, 3.63) is 41.0 Å². The molecule has 0 bridgehead atoms. The van der Waals surface area contributed by atoms with E-state index in [1.807, 2.05) is 31.2 Å². The van der Waals surface area contributed by atoms with Crippen molar-refractivity contribution < 1.29 is 4.79 Å². The first-order valence-electron chi connectivity index (χ1n) is 6.88. The summed E-state index contributed by atoms with van der Waals surface area (Å²) in [6.07, 6.45) is 0.852. The summed E-state index contributed by atoms with van der Waals surface area (Å²) in [4.78, 5) is 21.7. The summed E-state index contributed by atoms with van der Waals surface area (Å²) in [5.74, 6) is 0.430. The molecular weight excluding hydrogens is 302 g/mol. The predicted octanol–water partition coefficient (Wildman–Crippen LogP) is 2.35. The van der Waals surface area contributed by atoms with Crippen LogP contribution in [0.3, 0.4) is 0 Å². The molecule has 2 aromatic rings. The van der Waals surface area contributed by atoms with Gasteiger partial charge in [-0.2, -0.15) is 4.98 Å². The van der Waals surface area contributed by atoms with E-state index < -0.39 is 0 Å². The molecule has 22 heavy (non-hydrogen) atoms. The quantitative estimate of drug-likeness (QED) is 0.826. The number of amides is 1. The lowest BCUT2D eigenvalue weighted by molar-refractivity contribution is -0.114. The van der Waals surface area contributed by atoms with Crippen LogP contribution in [-0.2, 0) is 11.2 Å². The minimum absolute atomic E-state index is 0.0751. The van der Waals surface area contributed by atoms with Gasteiger partial charge < -0.3 is 16.0 Å². The van der Waals surface area contributed by atoms with E-state index in [0.717, 1.165) is 17.7 Å². The van der Waals surface area contributed by atoms with E-state index in [0.29, 0.717) is 5.82 Å². The third-order valence-electron chi connectivity index (χ3n) is 3.14. The smallest absolute Gasteiger partial charge is 0.243 e. The average molecular weight is 320 g/mol. The van der Waals surface area contributed by atoms with Crippen molar-refractivity contribution in [1.29, 1.82) is 0 Å². The Labute approximate surface area is 134 Å². The number of nitrogens with two attached hydrogens (primary N) is 1. The van der Waals surface area contributed by atoms with Crippen LogP contribution >= 0.6 is 11.6 Å². The lowest BCUT2D eigenvalue weighted by Crippen LogP contribution is -2.31. The number of nitrogens with one attached hydrogen (secondary N) is 1. The molecule has 0 unspecified atom stereocenters. The van der Waals surface area contributed by atoms with E-state index in [-0.39, 0.29) is 23.6 Å². The summed E-state index contributed by atoms with van der Waals surface area (Å²) in [6.45, 7) is 2.17. The molecule has 0 fully saturated rings. The van der Waals surface area contributed by atoms with Crippen LogP contribution in [0.1, 0.15) is 12.5 Å². The molecule has 0 spiro atoms. The van der Waals surface area contributed by atoms with Gasteiger partial charge in [-0.15, -0.1) is 0 Å². The molecule has 0 atom stereocenters. The van der Waals surface area contributed by atoms with E-state index in [4.69, 9.17) is 17.3 Å². The highest BCUT2D eigenvalue weighted by Gasteiger charge is 2.12. The number of halogens is 1. The summed E-state index contributed by atoms with van der Waals surface area (Å²) < 4.78 is 0. The first kappa shape index (κ1) is 16.0. The topological polar surface area (TPSA) is 84.1 Å². The second kappa shape index (κ2) is 7.09. The molecule has 116 valence electrons. The number of rotatable bonds is 5. The van der Waals surface area contributed by atoms with E-state index in [9.17, 15) is 4.79 Å². The lowest BCUT2D eigenvalue weighted by Gasteiger charge is -2.18. The first-order valence-corrected chi connectivity index (χ1v) is 7.26. The second-order valence-corrected chi connectivity index (χ2v) is 5.21. The number of anilines is 3. The van der Waals surface area contributed by atoms with Crippen LogP contribution < -0.4 is 16.0 Å². The van der Waals surface area contributed by atoms with Gasteiger partial charge in [0.2, 0.25) is 11.9 Å². The van der Waals surface area contributed by atoms with Gasteiger partial charge in [0.1, 0.15) is 11.0 Å². The number of hydrogen-bond acceptors (Lipinski definition) is 5. The molecule has 0 aliphatic rings. The van der Waals surface area contributed by atoms with E-state index in [2.05, 4.69) is 15.3 Å². The van der Waals surface area contributed by atoms with Gasteiger partial charge in [-0.05, 0) is 18.1 Å². The summed E-state index contributed by atoms with van der Waals surface area (Å²) >= 11 is 5.84. The Kier molecular flexibility index (Phi) is 5.16. The zero-order chi connectivity index (χ0) is 16.1. The molecule has 1 amide bonds. The van der Waals surface area contributed by atoms with Crippen molar-refractivity contribution in [3.8, 4) is 0 Å². The largest absolute Gasteiger partial charge is 0.368 e. The van der Waals surface area contributed by atoms with Crippen molar-refractivity contribution in [2.24, 2.45) is 0 Å². The number of carbonyl (C=O) groups is 1. The maximum atomic E-state index is 12.2. The Bertz CT molecular complexity index is 656. The molecule has 3 N–H and O–H groups in total. The van der Waals surface area contributed by atoms with E-state index in [1.165, 1.54) is 0 Å². The molecule has 0 radical (unpaired) electrons. The minimum atomic E-state index is -0.142. The molecule has 0 saturated carbocycles. The fourth-order valence-electron chi connectivity index (χ4n) is 2.06. The highest BCUT2D eigenvalue weighted by molar-refractivity contribution is 6.29. The zero-order valence-corrected chi connectivity index (χ0v) is 13.3. The molecular formula is C15H18ClN5O. The van der Waals surface area contributed by atoms with Gasteiger partial charge >= 0.3 is 0 Å². The molecule has 0 aliphatic heterocycles. The molecule has 0 aliphatic carbocycles. The summed E-state index contributed by atoms with van der Waals surface area (Å²) in [5.41, 5.74) is 7.47. The zero-order valence-electron chi connectivity index (χ0n) is 12.5. The first-order chi connectivity index (χ1) is 10.5. The highest BCUT2D eigenvalue weighted by atomic mass is 35.5. The Hall–Kier alpha value is -2.34. The van der Waals surface area contributed by atoms with Gasteiger partial charge in [-0.3, -0.25) is 4.79 Å². The van der Waals surface area contributed by atoms with Crippen molar-refractivity contribution in [2.45, 2.75) is 13.3 Å². The Morgan fingerprint density at radius 2 is 2.09 bits per heavy atom. The molecule has 2 rings (SSSR count). The lowest BCUT2D eigenvalue weighted by atomic mass is 10.1. The third-order valence-corrected chi connectivity index (χ3v) is 3.34. The van der Waals surface area contributed by atoms with Crippen LogP contribution in [0, 0.1) is 0 Å². The van der Waals surface area contributed by atoms with Crippen LogP contribution in [0.25, 0.3) is 0 Å². The van der Waals surface area contributed by atoms with Crippen molar-refractivity contribution in [1.82, 2.24) is 9.97 Å². The van der Waals surface area contributed by atoms with Gasteiger partial charge in [0, 0.05) is 18.8 Å². The van der Waals surface area contributed by atoms with Crippen LogP contribution in [0.2, 0.25) is 5.15 Å². The maximum Gasteiger partial charge on any atom is 0.243 e. The summed E-state index contributed by atoms with van der Waals surface area (Å²) in [6, 6.07) is 9.28. The average Bonchev–Trinajstić information content (AvgIpc) is 2.46. The number of carbonyl (C=O) groups excluding carboxylic acids is 1. The maximum absolute atomic E-state index is 12.2. The summed E-state index contributed by atoms with van der Waals surface area (Å²) in [5, 5.41) is 3.14. The fraction of sp³-hybridized carbons (Fsp3) is 0.267. The van der Waals surface area contributed by atoms with Gasteiger partial charge in [0.05, 0.1) is 6.54 Å². The van der Waals surface area contributed by atoms with Crippen molar-refractivity contribution >= 4 is 35.0 Å². The minimum Gasteiger partial charge on any atom is -0.368 e. The molecule has 1 heterocycles. The SMILES string of the molecule is CCc1ccccc1NC(=O)CN(C)c1cc(Cl)nc(N)n1. The van der Waals surface area contributed by atoms with E-state index >= 15 is 0 Å². The molecule has 7 heteroatoms. The number of nitrogen functional groups attached to an aromatic ring is 1. The van der Waals surface area contributed by atoms with Gasteiger partial charge in [-0.1, -0.05) is 36.7 Å². The molecule has 1 aromatic carbocycles. The van der Waals surface area contributed by atoms with Gasteiger partial charge in [0.15, 0.2) is 0 Å². The Morgan fingerprint density at radius 3 is 2.77 bits per heavy atom. The summed E-state index contributed by atoms with van der Waals surface area (Å²) in [7, 11) is 1.74. The number of hydrogen-bond donors (Lipinski definition) is 2. The Balaban J connectivity index is 2.05. The fourth-order valence-corrected chi connectivity index (χ4v) is 2.24. The highest BCUT2D eigenvalue weighted by Crippen LogP contribution is 2.17. The van der Waals surface area contributed by atoms with E-state index in [1.54, 1.807) is 18.0 Å². The number of para-hydroxylation sites is 1.